The fourth-order valence-electron chi connectivity index (χ4n) is 2.36. The number of anilines is 1. The van der Waals surface area contributed by atoms with Crippen molar-refractivity contribution in [2.75, 3.05) is 32.1 Å². The van der Waals surface area contributed by atoms with Gasteiger partial charge in [0, 0.05) is 0 Å². The standard InChI is InChI=1S/C18H26N2O5/c1-7-23-15(21)18(19(5)6)12-20(16(22)25-17(2,3)4)13-10-8-9-11-14(13)24-18/h8-11H,7,12H2,1-6H3/i12D. The number of hydrogen-bond donors (Lipinski definition) is 0. The highest BCUT2D eigenvalue weighted by Crippen LogP contribution is 2.39. The van der Waals surface area contributed by atoms with Crippen molar-refractivity contribution in [3.8, 4) is 5.75 Å². The molecule has 0 aromatic heterocycles. The lowest BCUT2D eigenvalue weighted by molar-refractivity contribution is -0.177. The molecule has 7 heteroatoms. The van der Waals surface area contributed by atoms with E-state index < -0.39 is 29.9 Å². The number of esters is 1. The average Bonchev–Trinajstić information content (AvgIpc) is 2.52. The summed E-state index contributed by atoms with van der Waals surface area (Å²) in [6.07, 6.45) is -0.733. The highest BCUT2D eigenvalue weighted by molar-refractivity contribution is 5.93. The molecule has 0 bridgehead atoms. The lowest BCUT2D eigenvalue weighted by Gasteiger charge is -2.44. The Hall–Kier alpha value is -2.28. The zero-order valence-corrected chi connectivity index (χ0v) is 15.5. The molecule has 0 fully saturated rings. The lowest BCUT2D eigenvalue weighted by Crippen LogP contribution is -2.65. The number of benzene rings is 1. The van der Waals surface area contributed by atoms with Crippen LogP contribution in [0.25, 0.3) is 0 Å². The molecule has 0 radical (unpaired) electrons. The summed E-state index contributed by atoms with van der Waals surface area (Å²) in [6, 6.07) is 6.73. The first-order valence-corrected chi connectivity index (χ1v) is 8.11. The summed E-state index contributed by atoms with van der Waals surface area (Å²) in [6.45, 7) is 5.57. The first kappa shape index (κ1) is 17.5. The average molecular weight is 351 g/mol. The van der Waals surface area contributed by atoms with E-state index in [0.29, 0.717) is 11.4 Å². The zero-order valence-electron chi connectivity index (χ0n) is 16.5. The van der Waals surface area contributed by atoms with E-state index in [1.807, 2.05) is 0 Å². The Kier molecular flexibility index (Phi) is 4.85. The number of hydrogen-bond acceptors (Lipinski definition) is 6. The van der Waals surface area contributed by atoms with Gasteiger partial charge < -0.3 is 14.2 Å². The molecule has 0 saturated carbocycles. The Balaban J connectivity index is 2.59. The summed E-state index contributed by atoms with van der Waals surface area (Å²) < 4.78 is 25.2. The predicted molar refractivity (Wildman–Crippen MR) is 93.7 cm³/mol. The lowest BCUT2D eigenvalue weighted by atomic mass is 10.1. The Morgan fingerprint density at radius 3 is 2.56 bits per heavy atom. The normalized spacial score (nSPS) is 23.4. The van der Waals surface area contributed by atoms with Gasteiger partial charge in [0.05, 0.1) is 20.2 Å². The van der Waals surface area contributed by atoms with Crippen molar-refractivity contribution in [3.05, 3.63) is 24.3 Å². The van der Waals surface area contributed by atoms with Gasteiger partial charge in [0.2, 0.25) is 0 Å². The predicted octanol–water partition coefficient (Wildman–Crippen LogP) is 2.64. The summed E-state index contributed by atoms with van der Waals surface area (Å²) >= 11 is 0. The van der Waals surface area contributed by atoms with Gasteiger partial charge in [-0.1, -0.05) is 12.1 Å². The Bertz CT molecular complexity index is 688. The van der Waals surface area contributed by atoms with Gasteiger partial charge in [0.25, 0.3) is 5.72 Å². The van der Waals surface area contributed by atoms with Crippen LogP contribution in [0.15, 0.2) is 24.3 Å². The van der Waals surface area contributed by atoms with Gasteiger partial charge in [-0.15, -0.1) is 0 Å². The minimum atomic E-state index is -1.82. The molecule has 0 aliphatic carbocycles. The molecule has 138 valence electrons. The van der Waals surface area contributed by atoms with Crippen molar-refractivity contribution in [2.45, 2.75) is 39.0 Å². The van der Waals surface area contributed by atoms with Crippen molar-refractivity contribution in [3.63, 3.8) is 0 Å². The molecule has 2 atom stereocenters. The van der Waals surface area contributed by atoms with E-state index in [9.17, 15) is 9.59 Å². The second kappa shape index (κ2) is 6.92. The van der Waals surface area contributed by atoms with Crippen LogP contribution >= 0.6 is 0 Å². The second-order valence-electron chi connectivity index (χ2n) is 6.86. The summed E-state index contributed by atoms with van der Waals surface area (Å²) in [7, 11) is 3.19. The van der Waals surface area contributed by atoms with Crippen LogP contribution in [0.1, 0.15) is 29.1 Å². The Labute approximate surface area is 149 Å². The number of carbonyl (C=O) groups excluding carboxylic acids is 2. The van der Waals surface area contributed by atoms with Crippen LogP contribution in [0.4, 0.5) is 10.5 Å². The summed E-state index contributed by atoms with van der Waals surface area (Å²) in [4.78, 5) is 28.1. The first-order valence-electron chi connectivity index (χ1n) is 8.69. The van der Waals surface area contributed by atoms with E-state index in [2.05, 4.69) is 0 Å². The Morgan fingerprint density at radius 1 is 1.36 bits per heavy atom. The SMILES string of the molecule is [2H]C1N(C(=O)OC(C)(C)C)c2ccccc2OC1(C(=O)OCC)N(C)C. The monoisotopic (exact) mass is 351 g/mol. The van der Waals surface area contributed by atoms with Gasteiger partial charge in [-0.05, 0) is 53.9 Å². The maximum atomic E-state index is 12.8. The van der Waals surface area contributed by atoms with Crippen LogP contribution in [-0.2, 0) is 14.3 Å². The van der Waals surface area contributed by atoms with Crippen molar-refractivity contribution in [1.82, 2.24) is 4.90 Å². The topological polar surface area (TPSA) is 68.3 Å². The first-order chi connectivity index (χ1) is 12.0. The van der Waals surface area contributed by atoms with Crippen molar-refractivity contribution >= 4 is 17.7 Å². The van der Waals surface area contributed by atoms with Crippen molar-refractivity contribution < 1.29 is 25.2 Å². The van der Waals surface area contributed by atoms with E-state index in [4.69, 9.17) is 15.6 Å². The fraction of sp³-hybridized carbons (Fsp3) is 0.556. The number of amides is 1. The van der Waals surface area contributed by atoms with Crippen LogP contribution in [0, 0.1) is 0 Å². The fourth-order valence-corrected chi connectivity index (χ4v) is 2.36. The number of carbonyl (C=O) groups is 2. The van der Waals surface area contributed by atoms with E-state index in [1.54, 1.807) is 66.1 Å². The number of rotatable bonds is 3. The van der Waals surface area contributed by atoms with E-state index in [-0.39, 0.29) is 6.61 Å². The van der Waals surface area contributed by atoms with Gasteiger partial charge in [0.1, 0.15) is 11.4 Å². The van der Waals surface area contributed by atoms with Gasteiger partial charge in [-0.25, -0.2) is 9.59 Å². The summed E-state index contributed by atoms with van der Waals surface area (Å²) in [5.74, 6) is -0.448. The van der Waals surface area contributed by atoms with E-state index in [1.165, 1.54) is 4.90 Å². The number of nitrogens with zero attached hydrogens (tertiary/aromatic N) is 2. The molecule has 0 saturated heterocycles. The molecule has 7 nitrogen and oxygen atoms in total. The maximum absolute atomic E-state index is 12.8. The molecule has 0 spiro atoms. The van der Waals surface area contributed by atoms with Gasteiger partial charge in [0.15, 0.2) is 0 Å². The highest BCUT2D eigenvalue weighted by Gasteiger charge is 2.52. The molecule has 1 aromatic carbocycles. The largest absolute Gasteiger partial charge is 0.462 e. The molecule has 2 unspecified atom stereocenters. The third kappa shape index (κ3) is 3.87. The zero-order chi connectivity index (χ0) is 19.7. The number of fused-ring (bicyclic) bond motifs is 1. The smallest absolute Gasteiger partial charge is 0.415 e. The molecule has 1 heterocycles. The van der Waals surface area contributed by atoms with Crippen molar-refractivity contribution in [1.29, 1.82) is 0 Å². The van der Waals surface area contributed by atoms with Crippen LogP contribution in [-0.4, -0.2) is 55.5 Å². The molecular weight excluding hydrogens is 324 g/mol. The summed E-state index contributed by atoms with van der Waals surface area (Å²) in [5.41, 5.74) is -2.21. The third-order valence-corrected chi connectivity index (χ3v) is 3.52. The van der Waals surface area contributed by atoms with Crippen LogP contribution in [0.2, 0.25) is 0 Å². The number of para-hydroxylation sites is 2. The maximum Gasteiger partial charge on any atom is 0.415 e. The molecule has 1 amide bonds. The molecule has 1 aromatic rings. The third-order valence-electron chi connectivity index (χ3n) is 3.52. The highest BCUT2D eigenvalue weighted by atomic mass is 16.6. The molecule has 1 aliphatic rings. The van der Waals surface area contributed by atoms with Crippen LogP contribution in [0.5, 0.6) is 5.75 Å². The summed E-state index contributed by atoms with van der Waals surface area (Å²) in [5, 5.41) is 0. The second-order valence-corrected chi connectivity index (χ2v) is 6.86. The minimum Gasteiger partial charge on any atom is -0.462 e. The molecular formula is C18H26N2O5. The minimum absolute atomic E-state index is 0.124. The Morgan fingerprint density at radius 2 is 2.00 bits per heavy atom. The molecule has 2 rings (SSSR count). The van der Waals surface area contributed by atoms with E-state index in [0.717, 1.165) is 4.90 Å². The number of ether oxygens (including phenoxy) is 3. The van der Waals surface area contributed by atoms with Crippen molar-refractivity contribution in [2.24, 2.45) is 0 Å². The van der Waals surface area contributed by atoms with Gasteiger partial charge in [-0.2, -0.15) is 0 Å². The number of likely N-dealkylation sites (N-methyl/N-ethyl adjacent to an activating group) is 1. The van der Waals surface area contributed by atoms with Gasteiger partial charge in [-0.3, -0.25) is 9.80 Å². The quantitative estimate of drug-likeness (QED) is 0.780. The molecule has 1 aliphatic heterocycles. The molecule has 25 heavy (non-hydrogen) atoms. The van der Waals surface area contributed by atoms with Crippen LogP contribution in [0.3, 0.4) is 0 Å². The van der Waals surface area contributed by atoms with Gasteiger partial charge >= 0.3 is 12.1 Å². The van der Waals surface area contributed by atoms with E-state index >= 15 is 0 Å². The van der Waals surface area contributed by atoms with Crippen LogP contribution < -0.4 is 9.64 Å². The molecule has 0 N–H and O–H groups in total.